The van der Waals surface area contributed by atoms with E-state index in [1.54, 1.807) is 24.5 Å². The molecule has 0 bridgehead atoms. The molecule has 0 spiro atoms. The second-order valence-electron chi connectivity index (χ2n) is 2.90. The number of nitrogens with one attached hydrogen (secondary N) is 1. The number of aromatic amines is 1. The Morgan fingerprint density at radius 3 is 2.73 bits per heavy atom. The van der Waals surface area contributed by atoms with Crippen molar-refractivity contribution in [1.29, 1.82) is 0 Å². The van der Waals surface area contributed by atoms with Crippen LogP contribution in [0, 0.1) is 0 Å². The molecule has 0 saturated carbocycles. The maximum atomic E-state index is 11.1. The maximum Gasteiger partial charge on any atom is 0.261 e. The molecule has 0 aliphatic rings. The molecule has 0 radical (unpaired) electrons. The average Bonchev–Trinajstić information content (AvgIpc) is 2.69. The van der Waals surface area contributed by atoms with E-state index in [1.807, 2.05) is 0 Å². The number of rotatable bonds is 2. The second kappa shape index (κ2) is 3.67. The average molecular weight is 243 g/mol. The third-order valence-electron chi connectivity index (χ3n) is 1.89. The molecule has 2 aromatic rings. The molecule has 1 N–H and O–H groups in total. The van der Waals surface area contributed by atoms with Crippen molar-refractivity contribution in [3.8, 4) is 11.4 Å². The van der Waals surface area contributed by atoms with Crippen molar-refractivity contribution < 1.29 is 8.42 Å². The molecule has 0 aliphatic heterocycles. The molecule has 78 valence electrons. The van der Waals surface area contributed by atoms with Crippen LogP contribution in [0.2, 0.25) is 0 Å². The first-order valence-corrected chi connectivity index (χ1v) is 6.43. The summed E-state index contributed by atoms with van der Waals surface area (Å²) in [5.74, 6) is 0.608. The van der Waals surface area contributed by atoms with Gasteiger partial charge in [0.2, 0.25) is 0 Å². The minimum atomic E-state index is -3.69. The molecule has 1 aromatic carbocycles. The molecule has 4 nitrogen and oxygen atoms in total. The van der Waals surface area contributed by atoms with Crippen molar-refractivity contribution in [2.45, 2.75) is 4.90 Å². The van der Waals surface area contributed by atoms with Crippen molar-refractivity contribution in [2.24, 2.45) is 0 Å². The first-order valence-electron chi connectivity index (χ1n) is 4.12. The van der Waals surface area contributed by atoms with E-state index in [0.29, 0.717) is 11.4 Å². The van der Waals surface area contributed by atoms with Gasteiger partial charge in [0, 0.05) is 28.6 Å². The lowest BCUT2D eigenvalue weighted by Crippen LogP contribution is -1.91. The van der Waals surface area contributed by atoms with E-state index in [4.69, 9.17) is 10.7 Å². The summed E-state index contributed by atoms with van der Waals surface area (Å²) in [5, 5.41) is 0. The van der Waals surface area contributed by atoms with Gasteiger partial charge < -0.3 is 4.98 Å². The summed E-state index contributed by atoms with van der Waals surface area (Å²) in [6, 6.07) is 6.29. The van der Waals surface area contributed by atoms with Gasteiger partial charge in [-0.2, -0.15) is 0 Å². The van der Waals surface area contributed by atoms with Crippen LogP contribution < -0.4 is 0 Å². The van der Waals surface area contributed by atoms with E-state index in [-0.39, 0.29) is 4.90 Å². The van der Waals surface area contributed by atoms with Crippen LogP contribution in [-0.4, -0.2) is 18.4 Å². The molecule has 0 aliphatic carbocycles. The van der Waals surface area contributed by atoms with Crippen molar-refractivity contribution in [2.75, 3.05) is 0 Å². The maximum absolute atomic E-state index is 11.1. The topological polar surface area (TPSA) is 62.8 Å². The highest BCUT2D eigenvalue weighted by Gasteiger charge is 2.11. The summed E-state index contributed by atoms with van der Waals surface area (Å²) >= 11 is 0. The highest BCUT2D eigenvalue weighted by atomic mass is 35.7. The molecular formula is C9H7ClN2O2S. The molecule has 1 heterocycles. The fourth-order valence-corrected chi connectivity index (χ4v) is 2.01. The number of imidazole rings is 1. The number of H-pyrrole nitrogens is 1. The van der Waals surface area contributed by atoms with Gasteiger partial charge in [-0.25, -0.2) is 13.4 Å². The number of halogens is 1. The monoisotopic (exact) mass is 242 g/mol. The van der Waals surface area contributed by atoms with Gasteiger partial charge in [-0.1, -0.05) is 12.1 Å². The predicted octanol–water partition coefficient (Wildman–Crippen LogP) is 2.00. The Bertz CT molecular complexity index is 564. The van der Waals surface area contributed by atoms with Crippen LogP contribution in [0.15, 0.2) is 41.6 Å². The molecular weight excluding hydrogens is 236 g/mol. The fraction of sp³-hybridized carbons (Fsp3) is 0. The fourth-order valence-electron chi connectivity index (χ4n) is 1.22. The summed E-state index contributed by atoms with van der Waals surface area (Å²) in [4.78, 5) is 6.97. The zero-order valence-corrected chi connectivity index (χ0v) is 9.09. The van der Waals surface area contributed by atoms with Gasteiger partial charge in [-0.3, -0.25) is 0 Å². The molecule has 0 saturated heterocycles. The smallest absolute Gasteiger partial charge is 0.261 e. The van der Waals surface area contributed by atoms with Gasteiger partial charge in [0.25, 0.3) is 9.05 Å². The summed E-state index contributed by atoms with van der Waals surface area (Å²) in [6.45, 7) is 0. The van der Waals surface area contributed by atoms with E-state index in [9.17, 15) is 8.42 Å². The Hall–Kier alpha value is -1.33. The molecule has 2 rings (SSSR count). The molecule has 6 heteroatoms. The summed E-state index contributed by atoms with van der Waals surface area (Å²) < 4.78 is 22.2. The number of benzene rings is 1. The van der Waals surface area contributed by atoms with Gasteiger partial charge in [-0.15, -0.1) is 0 Å². The number of hydrogen-bond acceptors (Lipinski definition) is 3. The van der Waals surface area contributed by atoms with E-state index in [2.05, 4.69) is 9.97 Å². The first-order chi connectivity index (χ1) is 7.07. The lowest BCUT2D eigenvalue weighted by atomic mass is 10.2. The SMILES string of the molecule is O=S(=O)(Cl)c1cccc(-c2ncc[nH]2)c1. The van der Waals surface area contributed by atoms with Crippen molar-refractivity contribution in [3.63, 3.8) is 0 Å². The molecule has 0 fully saturated rings. The number of hydrogen-bond donors (Lipinski definition) is 1. The Morgan fingerprint density at radius 2 is 2.13 bits per heavy atom. The summed E-state index contributed by atoms with van der Waals surface area (Å²) in [5.41, 5.74) is 0.682. The van der Waals surface area contributed by atoms with E-state index >= 15 is 0 Å². The lowest BCUT2D eigenvalue weighted by molar-refractivity contribution is 0.609. The van der Waals surface area contributed by atoms with Crippen LogP contribution in [0.25, 0.3) is 11.4 Å². The zero-order chi connectivity index (χ0) is 10.9. The molecule has 15 heavy (non-hydrogen) atoms. The van der Waals surface area contributed by atoms with Crippen LogP contribution in [0.4, 0.5) is 0 Å². The van der Waals surface area contributed by atoms with Crippen LogP contribution in [0.1, 0.15) is 0 Å². The van der Waals surface area contributed by atoms with Crippen LogP contribution >= 0.6 is 10.7 Å². The standard InChI is InChI=1S/C9H7ClN2O2S/c10-15(13,14)8-3-1-2-7(6-8)9-11-4-5-12-9/h1-6H,(H,11,12). The van der Waals surface area contributed by atoms with Gasteiger partial charge in [0.15, 0.2) is 0 Å². The number of nitrogens with zero attached hydrogens (tertiary/aromatic N) is 1. The van der Waals surface area contributed by atoms with E-state index < -0.39 is 9.05 Å². The molecule has 0 amide bonds. The number of aromatic nitrogens is 2. The van der Waals surface area contributed by atoms with Crippen LogP contribution in [0.5, 0.6) is 0 Å². The predicted molar refractivity (Wildman–Crippen MR) is 57.1 cm³/mol. The lowest BCUT2D eigenvalue weighted by Gasteiger charge is -1.99. The molecule has 1 aromatic heterocycles. The van der Waals surface area contributed by atoms with E-state index in [0.717, 1.165) is 0 Å². The first kappa shape index (κ1) is 10.2. The quantitative estimate of drug-likeness (QED) is 0.820. The highest BCUT2D eigenvalue weighted by molar-refractivity contribution is 8.13. The van der Waals surface area contributed by atoms with Gasteiger partial charge in [0.05, 0.1) is 4.90 Å². The Morgan fingerprint density at radius 1 is 1.33 bits per heavy atom. The minimum Gasteiger partial charge on any atom is -0.345 e. The summed E-state index contributed by atoms with van der Waals surface area (Å²) in [7, 11) is 1.55. The van der Waals surface area contributed by atoms with E-state index in [1.165, 1.54) is 12.1 Å². The van der Waals surface area contributed by atoms with Crippen LogP contribution in [0.3, 0.4) is 0 Å². The minimum absolute atomic E-state index is 0.0677. The van der Waals surface area contributed by atoms with Crippen LogP contribution in [-0.2, 0) is 9.05 Å². The summed E-state index contributed by atoms with van der Waals surface area (Å²) in [6.07, 6.45) is 3.26. The Kier molecular flexibility index (Phi) is 2.50. The second-order valence-corrected chi connectivity index (χ2v) is 5.47. The normalized spacial score (nSPS) is 11.5. The highest BCUT2D eigenvalue weighted by Crippen LogP contribution is 2.21. The van der Waals surface area contributed by atoms with Gasteiger partial charge >= 0.3 is 0 Å². The van der Waals surface area contributed by atoms with Crippen molar-refractivity contribution >= 4 is 19.7 Å². The third-order valence-corrected chi connectivity index (χ3v) is 3.24. The largest absolute Gasteiger partial charge is 0.345 e. The molecule has 0 atom stereocenters. The van der Waals surface area contributed by atoms with Gasteiger partial charge in [-0.05, 0) is 12.1 Å². The van der Waals surface area contributed by atoms with Crippen molar-refractivity contribution in [1.82, 2.24) is 9.97 Å². The Balaban J connectivity index is 2.53. The van der Waals surface area contributed by atoms with Gasteiger partial charge in [0.1, 0.15) is 5.82 Å². The van der Waals surface area contributed by atoms with Crippen molar-refractivity contribution in [3.05, 3.63) is 36.7 Å². The zero-order valence-electron chi connectivity index (χ0n) is 7.51. The Labute approximate surface area is 91.3 Å². The third kappa shape index (κ3) is 2.19. The molecule has 0 unspecified atom stereocenters.